The second kappa shape index (κ2) is 5.65. The minimum absolute atomic E-state index is 0.0454. The van der Waals surface area contributed by atoms with Gasteiger partial charge in [0.2, 0.25) is 0 Å². The summed E-state index contributed by atoms with van der Waals surface area (Å²) in [5.74, 6) is -0.935. The minimum atomic E-state index is -0.890. The Bertz CT molecular complexity index is 586. The fourth-order valence-electron chi connectivity index (χ4n) is 1.35. The number of aromatic amines is 1. The Morgan fingerprint density at radius 1 is 1.44 bits per heavy atom. The van der Waals surface area contributed by atoms with Gasteiger partial charge in [-0.1, -0.05) is 35.0 Å². The number of nitrogens with zero attached hydrogens (tertiary/aromatic N) is 1. The molecule has 0 bridgehead atoms. The molecule has 0 atom stereocenters. The Morgan fingerprint density at radius 3 is 2.94 bits per heavy atom. The Labute approximate surface area is 117 Å². The molecule has 18 heavy (non-hydrogen) atoms. The zero-order valence-electron chi connectivity index (χ0n) is 8.98. The Balaban J connectivity index is 2.23. The van der Waals surface area contributed by atoms with E-state index in [1.54, 1.807) is 24.4 Å². The molecular weight excluding hydrogens is 295 g/mol. The summed E-state index contributed by atoms with van der Waals surface area (Å²) in [5.41, 5.74) is 1.44. The van der Waals surface area contributed by atoms with E-state index in [1.165, 1.54) is 0 Å². The van der Waals surface area contributed by atoms with Crippen molar-refractivity contribution < 1.29 is 9.90 Å². The van der Waals surface area contributed by atoms with E-state index in [2.05, 4.69) is 9.97 Å². The molecule has 0 aliphatic carbocycles. The molecule has 94 valence electrons. The molecule has 0 radical (unpaired) electrons. The van der Waals surface area contributed by atoms with Crippen molar-refractivity contribution in [2.75, 3.05) is 5.75 Å². The van der Waals surface area contributed by atoms with Crippen LogP contribution >= 0.6 is 35.0 Å². The number of hydrogen-bond donors (Lipinski definition) is 2. The molecule has 1 aromatic heterocycles. The summed E-state index contributed by atoms with van der Waals surface area (Å²) in [7, 11) is 0. The van der Waals surface area contributed by atoms with Crippen molar-refractivity contribution in [3.63, 3.8) is 0 Å². The van der Waals surface area contributed by atoms with E-state index >= 15 is 0 Å². The molecule has 2 N–H and O–H groups in total. The van der Waals surface area contributed by atoms with Crippen LogP contribution in [0, 0.1) is 0 Å². The average Bonchev–Trinajstić information content (AvgIpc) is 2.78. The maximum Gasteiger partial charge on any atom is 0.313 e. The van der Waals surface area contributed by atoms with Gasteiger partial charge in [0, 0.05) is 10.6 Å². The van der Waals surface area contributed by atoms with Gasteiger partial charge in [0.05, 0.1) is 22.7 Å². The molecule has 4 nitrogen and oxygen atoms in total. The van der Waals surface area contributed by atoms with Gasteiger partial charge in [-0.05, 0) is 18.2 Å². The van der Waals surface area contributed by atoms with Crippen LogP contribution in [0.2, 0.25) is 10.0 Å². The van der Waals surface area contributed by atoms with E-state index in [0.29, 0.717) is 20.9 Å². The highest BCUT2D eigenvalue weighted by molar-refractivity contribution is 7.99. The highest BCUT2D eigenvalue weighted by Crippen LogP contribution is 2.30. The normalized spacial score (nSPS) is 10.6. The van der Waals surface area contributed by atoms with E-state index in [1.807, 2.05) is 0 Å². The third kappa shape index (κ3) is 3.19. The lowest BCUT2D eigenvalue weighted by atomic mass is 10.2. The van der Waals surface area contributed by atoms with E-state index in [4.69, 9.17) is 28.3 Å². The van der Waals surface area contributed by atoms with Crippen LogP contribution in [0.4, 0.5) is 0 Å². The van der Waals surface area contributed by atoms with Crippen LogP contribution in [0.15, 0.2) is 29.6 Å². The number of carbonyl (C=O) groups is 1. The smallest absolute Gasteiger partial charge is 0.313 e. The number of hydrogen-bond acceptors (Lipinski definition) is 3. The van der Waals surface area contributed by atoms with Crippen molar-refractivity contribution in [2.24, 2.45) is 0 Å². The highest BCUT2D eigenvalue weighted by Gasteiger charge is 2.09. The third-order valence-electron chi connectivity index (χ3n) is 2.10. The van der Waals surface area contributed by atoms with E-state index in [0.717, 1.165) is 17.3 Å². The Morgan fingerprint density at radius 2 is 2.22 bits per heavy atom. The van der Waals surface area contributed by atoms with Gasteiger partial charge in [-0.25, -0.2) is 4.98 Å². The van der Waals surface area contributed by atoms with Gasteiger partial charge in [-0.3, -0.25) is 4.79 Å². The molecule has 0 spiro atoms. The predicted octanol–water partition coefficient (Wildman–Crippen LogP) is 3.56. The lowest BCUT2D eigenvalue weighted by molar-refractivity contribution is -0.133. The topological polar surface area (TPSA) is 66.0 Å². The Hall–Kier alpha value is -1.17. The predicted molar refractivity (Wildman–Crippen MR) is 72.4 cm³/mol. The van der Waals surface area contributed by atoms with Gasteiger partial charge in [-0.2, -0.15) is 0 Å². The molecule has 1 aromatic carbocycles. The largest absolute Gasteiger partial charge is 0.481 e. The van der Waals surface area contributed by atoms with E-state index in [9.17, 15) is 4.79 Å². The van der Waals surface area contributed by atoms with Gasteiger partial charge in [-0.15, -0.1) is 0 Å². The van der Waals surface area contributed by atoms with Crippen molar-refractivity contribution in [2.45, 2.75) is 5.16 Å². The molecule has 2 rings (SSSR count). The number of H-pyrrole nitrogens is 1. The number of aliphatic carboxylic acids is 1. The standard InChI is InChI=1S/C11H8Cl2N2O2S/c12-6-1-2-8(13)7(3-6)9-4-14-11(15-9)18-5-10(16)17/h1-4H,5H2,(H,14,15)(H,16,17). The molecule has 1 heterocycles. The van der Waals surface area contributed by atoms with Crippen LogP contribution in [0.3, 0.4) is 0 Å². The number of benzene rings is 1. The van der Waals surface area contributed by atoms with E-state index in [-0.39, 0.29) is 5.75 Å². The Kier molecular flexibility index (Phi) is 4.16. The van der Waals surface area contributed by atoms with Gasteiger partial charge < -0.3 is 10.1 Å². The number of halogens is 2. The van der Waals surface area contributed by atoms with Crippen LogP contribution in [-0.2, 0) is 4.79 Å². The zero-order valence-corrected chi connectivity index (χ0v) is 11.3. The third-order valence-corrected chi connectivity index (χ3v) is 3.54. The SMILES string of the molecule is O=C(O)CSc1ncc(-c2cc(Cl)ccc2Cl)[nH]1. The van der Waals surface area contributed by atoms with Crippen LogP contribution in [-0.4, -0.2) is 26.8 Å². The maximum absolute atomic E-state index is 10.4. The molecule has 0 aliphatic heterocycles. The average molecular weight is 303 g/mol. The quantitative estimate of drug-likeness (QED) is 0.848. The molecular formula is C11H8Cl2N2O2S. The van der Waals surface area contributed by atoms with Crippen molar-refractivity contribution in [1.82, 2.24) is 9.97 Å². The van der Waals surface area contributed by atoms with Crippen molar-refractivity contribution in [1.29, 1.82) is 0 Å². The second-order valence-corrected chi connectivity index (χ2v) is 5.22. The first-order chi connectivity index (χ1) is 8.56. The number of nitrogens with one attached hydrogen (secondary N) is 1. The molecule has 2 aromatic rings. The number of thioether (sulfide) groups is 1. The first kappa shape index (κ1) is 13.3. The number of imidazole rings is 1. The lowest BCUT2D eigenvalue weighted by Crippen LogP contribution is -1.97. The van der Waals surface area contributed by atoms with Crippen LogP contribution in [0.1, 0.15) is 0 Å². The molecule has 0 amide bonds. The molecule has 0 saturated carbocycles. The summed E-state index contributed by atoms with van der Waals surface area (Å²) in [5, 5.41) is 10.2. The monoisotopic (exact) mass is 302 g/mol. The number of rotatable bonds is 4. The summed E-state index contributed by atoms with van der Waals surface area (Å²) in [6, 6.07) is 5.12. The molecule has 0 unspecified atom stereocenters. The lowest BCUT2D eigenvalue weighted by Gasteiger charge is -2.01. The van der Waals surface area contributed by atoms with Gasteiger partial charge >= 0.3 is 5.97 Å². The summed E-state index contributed by atoms with van der Waals surface area (Å²) in [6.07, 6.45) is 1.60. The molecule has 0 saturated heterocycles. The summed E-state index contributed by atoms with van der Waals surface area (Å²) in [6.45, 7) is 0. The summed E-state index contributed by atoms with van der Waals surface area (Å²) in [4.78, 5) is 17.5. The maximum atomic E-state index is 10.4. The summed E-state index contributed by atoms with van der Waals surface area (Å²) < 4.78 is 0. The number of carboxylic acids is 1. The van der Waals surface area contributed by atoms with Crippen LogP contribution in [0.25, 0.3) is 11.3 Å². The fraction of sp³-hybridized carbons (Fsp3) is 0.0909. The second-order valence-electron chi connectivity index (χ2n) is 3.41. The van der Waals surface area contributed by atoms with Gasteiger partial charge in [0.25, 0.3) is 0 Å². The van der Waals surface area contributed by atoms with Gasteiger partial charge in [0.1, 0.15) is 0 Å². The van der Waals surface area contributed by atoms with Crippen LogP contribution < -0.4 is 0 Å². The van der Waals surface area contributed by atoms with Gasteiger partial charge in [0.15, 0.2) is 5.16 Å². The fourth-order valence-corrected chi connectivity index (χ4v) is 2.31. The van der Waals surface area contributed by atoms with E-state index < -0.39 is 5.97 Å². The van der Waals surface area contributed by atoms with Crippen LogP contribution in [0.5, 0.6) is 0 Å². The molecule has 7 heteroatoms. The number of aromatic nitrogens is 2. The zero-order chi connectivity index (χ0) is 13.1. The molecule has 0 fully saturated rings. The first-order valence-corrected chi connectivity index (χ1v) is 6.65. The first-order valence-electron chi connectivity index (χ1n) is 4.91. The summed E-state index contributed by atoms with van der Waals surface area (Å²) >= 11 is 13.1. The minimum Gasteiger partial charge on any atom is -0.481 e. The number of carboxylic acid groups (broad SMARTS) is 1. The van der Waals surface area contributed by atoms with Crippen molar-refractivity contribution >= 4 is 40.9 Å². The molecule has 0 aliphatic rings. The van der Waals surface area contributed by atoms with Crippen molar-refractivity contribution in [3.05, 3.63) is 34.4 Å². The van der Waals surface area contributed by atoms with Crippen molar-refractivity contribution in [3.8, 4) is 11.3 Å². The highest BCUT2D eigenvalue weighted by atomic mass is 35.5.